The Hall–Kier alpha value is -0.980. The first-order valence-electron chi connectivity index (χ1n) is 4.43. The second-order valence-corrected chi connectivity index (χ2v) is 2.87. The van der Waals surface area contributed by atoms with E-state index in [4.69, 9.17) is 0 Å². The van der Waals surface area contributed by atoms with E-state index in [1.807, 2.05) is 19.2 Å². The Kier molecular flexibility index (Phi) is 6.16. The Labute approximate surface area is 75.9 Å². The normalized spacial score (nSPS) is 10.2. The topological polar surface area (TPSA) is 12.0 Å². The van der Waals surface area contributed by atoms with Gasteiger partial charge in [-0.05, 0) is 18.9 Å². The summed E-state index contributed by atoms with van der Waals surface area (Å²) in [6.07, 6.45) is 7.51. The van der Waals surface area contributed by atoms with E-state index in [0.29, 0.717) is 0 Å². The van der Waals surface area contributed by atoms with Crippen molar-refractivity contribution in [2.45, 2.75) is 26.2 Å². The van der Waals surface area contributed by atoms with Gasteiger partial charge in [0.15, 0.2) is 0 Å². The van der Waals surface area contributed by atoms with Gasteiger partial charge in [-0.1, -0.05) is 38.2 Å². The molecular formula is C11H19N. The molecule has 0 spiro atoms. The van der Waals surface area contributed by atoms with Crippen molar-refractivity contribution < 1.29 is 0 Å². The van der Waals surface area contributed by atoms with Crippen molar-refractivity contribution in [2.75, 3.05) is 7.05 Å². The fourth-order valence-corrected chi connectivity index (χ4v) is 0.789. The number of hydrogen-bond donors (Lipinski definition) is 1. The summed E-state index contributed by atoms with van der Waals surface area (Å²) in [5, 5.41) is 2.95. The summed E-state index contributed by atoms with van der Waals surface area (Å²) in [6, 6.07) is 0. The van der Waals surface area contributed by atoms with E-state index in [9.17, 15) is 0 Å². The van der Waals surface area contributed by atoms with Crippen LogP contribution in [0.5, 0.6) is 0 Å². The van der Waals surface area contributed by atoms with Crippen molar-refractivity contribution in [2.24, 2.45) is 0 Å². The Morgan fingerprint density at radius 2 is 2.00 bits per heavy atom. The van der Waals surface area contributed by atoms with E-state index in [2.05, 4.69) is 25.4 Å². The molecule has 0 aromatic rings. The SMILES string of the molecule is C=C(/C=C\C(=C)NC)CCCC. The van der Waals surface area contributed by atoms with Crippen molar-refractivity contribution in [3.63, 3.8) is 0 Å². The van der Waals surface area contributed by atoms with Gasteiger partial charge in [0.05, 0.1) is 0 Å². The lowest BCUT2D eigenvalue weighted by Gasteiger charge is -1.99. The van der Waals surface area contributed by atoms with Gasteiger partial charge < -0.3 is 5.32 Å². The summed E-state index contributed by atoms with van der Waals surface area (Å²) >= 11 is 0. The summed E-state index contributed by atoms with van der Waals surface area (Å²) in [5.41, 5.74) is 2.10. The number of unbranched alkanes of at least 4 members (excludes halogenated alkanes) is 1. The molecule has 1 heteroatoms. The summed E-state index contributed by atoms with van der Waals surface area (Å²) in [7, 11) is 1.86. The molecule has 0 aromatic carbocycles. The maximum Gasteiger partial charge on any atom is 0.0264 e. The van der Waals surface area contributed by atoms with Gasteiger partial charge in [0, 0.05) is 12.7 Å². The molecule has 0 atom stereocenters. The number of rotatable bonds is 6. The van der Waals surface area contributed by atoms with E-state index in [0.717, 1.165) is 12.1 Å². The molecule has 12 heavy (non-hydrogen) atoms. The van der Waals surface area contributed by atoms with Crippen LogP contribution in [0.2, 0.25) is 0 Å². The van der Waals surface area contributed by atoms with Gasteiger partial charge in [0.1, 0.15) is 0 Å². The molecule has 0 rings (SSSR count). The summed E-state index contributed by atoms with van der Waals surface area (Å²) in [5.74, 6) is 0. The van der Waals surface area contributed by atoms with Gasteiger partial charge in [-0.25, -0.2) is 0 Å². The predicted molar refractivity (Wildman–Crippen MR) is 56.0 cm³/mol. The molecule has 0 amide bonds. The molecule has 0 aliphatic rings. The zero-order valence-electron chi connectivity index (χ0n) is 8.19. The van der Waals surface area contributed by atoms with Gasteiger partial charge >= 0.3 is 0 Å². The summed E-state index contributed by atoms with van der Waals surface area (Å²) < 4.78 is 0. The van der Waals surface area contributed by atoms with E-state index in [-0.39, 0.29) is 0 Å². The smallest absolute Gasteiger partial charge is 0.0264 e. The minimum absolute atomic E-state index is 0.924. The minimum Gasteiger partial charge on any atom is -0.389 e. The highest BCUT2D eigenvalue weighted by Crippen LogP contribution is 2.06. The standard InChI is InChI=1S/C11H19N/c1-5-6-7-10(2)8-9-11(3)12-4/h8-9,12H,2-3,5-7H2,1,4H3/b9-8-. The van der Waals surface area contributed by atoms with Gasteiger partial charge in [0.25, 0.3) is 0 Å². The van der Waals surface area contributed by atoms with Crippen LogP contribution >= 0.6 is 0 Å². The van der Waals surface area contributed by atoms with Crippen LogP contribution in [-0.2, 0) is 0 Å². The number of likely N-dealkylation sites (N-methyl/N-ethyl adjacent to an activating group) is 1. The van der Waals surface area contributed by atoms with Crippen molar-refractivity contribution in [3.8, 4) is 0 Å². The third-order valence-corrected chi connectivity index (χ3v) is 1.69. The fraction of sp³-hybridized carbons (Fsp3) is 0.455. The second kappa shape index (κ2) is 6.71. The lowest BCUT2D eigenvalue weighted by molar-refractivity contribution is 0.799. The zero-order chi connectivity index (χ0) is 9.40. The molecule has 0 fully saturated rings. The maximum absolute atomic E-state index is 3.94. The third kappa shape index (κ3) is 5.78. The first-order valence-corrected chi connectivity index (χ1v) is 4.43. The van der Waals surface area contributed by atoms with Crippen LogP contribution in [0.1, 0.15) is 26.2 Å². The van der Waals surface area contributed by atoms with Gasteiger partial charge in [-0.15, -0.1) is 0 Å². The van der Waals surface area contributed by atoms with E-state index >= 15 is 0 Å². The first kappa shape index (κ1) is 11.0. The van der Waals surface area contributed by atoms with E-state index < -0.39 is 0 Å². The molecule has 0 saturated carbocycles. The van der Waals surface area contributed by atoms with Gasteiger partial charge in [0.2, 0.25) is 0 Å². The van der Waals surface area contributed by atoms with Crippen LogP contribution < -0.4 is 5.32 Å². The Bertz CT molecular complexity index is 177. The first-order chi connectivity index (χ1) is 5.70. The molecule has 0 radical (unpaired) electrons. The molecule has 1 nitrogen and oxygen atoms in total. The third-order valence-electron chi connectivity index (χ3n) is 1.69. The van der Waals surface area contributed by atoms with Crippen LogP contribution in [0.4, 0.5) is 0 Å². The van der Waals surface area contributed by atoms with Crippen LogP contribution in [0.15, 0.2) is 36.6 Å². The quantitative estimate of drug-likeness (QED) is 0.596. The lowest BCUT2D eigenvalue weighted by Crippen LogP contribution is -2.00. The van der Waals surface area contributed by atoms with E-state index in [1.54, 1.807) is 0 Å². The van der Waals surface area contributed by atoms with Crippen LogP contribution in [0.3, 0.4) is 0 Å². The minimum atomic E-state index is 0.924. The molecule has 0 heterocycles. The Morgan fingerprint density at radius 3 is 2.50 bits per heavy atom. The van der Waals surface area contributed by atoms with Crippen LogP contribution in [0, 0.1) is 0 Å². The predicted octanol–water partition coefficient (Wildman–Crippen LogP) is 3.02. The average Bonchev–Trinajstić information content (AvgIpc) is 2.10. The van der Waals surface area contributed by atoms with Gasteiger partial charge in [-0.3, -0.25) is 0 Å². The molecule has 0 bridgehead atoms. The number of allylic oxidation sites excluding steroid dienone is 3. The molecule has 0 aromatic heterocycles. The van der Waals surface area contributed by atoms with Crippen LogP contribution in [0.25, 0.3) is 0 Å². The largest absolute Gasteiger partial charge is 0.389 e. The molecule has 68 valence electrons. The van der Waals surface area contributed by atoms with Crippen molar-refractivity contribution in [1.82, 2.24) is 5.32 Å². The zero-order valence-corrected chi connectivity index (χ0v) is 8.19. The molecule has 1 N–H and O–H groups in total. The van der Waals surface area contributed by atoms with E-state index in [1.165, 1.54) is 18.4 Å². The molecule has 0 aliphatic heterocycles. The van der Waals surface area contributed by atoms with Crippen molar-refractivity contribution in [1.29, 1.82) is 0 Å². The fourth-order valence-electron chi connectivity index (χ4n) is 0.789. The Balaban J connectivity index is 3.67. The lowest BCUT2D eigenvalue weighted by atomic mass is 10.1. The monoisotopic (exact) mass is 165 g/mol. The highest BCUT2D eigenvalue weighted by atomic mass is 14.8. The number of nitrogens with one attached hydrogen (secondary N) is 1. The van der Waals surface area contributed by atoms with Crippen molar-refractivity contribution in [3.05, 3.63) is 36.6 Å². The number of hydrogen-bond acceptors (Lipinski definition) is 1. The molecule has 0 unspecified atom stereocenters. The summed E-state index contributed by atoms with van der Waals surface area (Å²) in [4.78, 5) is 0. The van der Waals surface area contributed by atoms with Crippen molar-refractivity contribution >= 4 is 0 Å². The highest BCUT2D eigenvalue weighted by molar-refractivity contribution is 5.22. The summed E-state index contributed by atoms with van der Waals surface area (Å²) in [6.45, 7) is 9.91. The molecule has 0 saturated heterocycles. The Morgan fingerprint density at radius 1 is 1.33 bits per heavy atom. The molecular weight excluding hydrogens is 146 g/mol. The maximum atomic E-state index is 3.94. The second-order valence-electron chi connectivity index (χ2n) is 2.87. The van der Waals surface area contributed by atoms with Crippen LogP contribution in [-0.4, -0.2) is 7.05 Å². The average molecular weight is 165 g/mol. The molecule has 0 aliphatic carbocycles. The highest BCUT2D eigenvalue weighted by Gasteiger charge is 1.87. The van der Waals surface area contributed by atoms with Gasteiger partial charge in [-0.2, -0.15) is 0 Å².